The van der Waals surface area contributed by atoms with Gasteiger partial charge in [-0.1, -0.05) is 0 Å². The lowest BCUT2D eigenvalue weighted by Gasteiger charge is -2.29. The number of hydrogen-bond donors (Lipinski definition) is 1. The van der Waals surface area contributed by atoms with E-state index in [0.29, 0.717) is 25.2 Å². The predicted molar refractivity (Wildman–Crippen MR) is 63.3 cm³/mol. The van der Waals surface area contributed by atoms with Crippen LogP contribution in [0.2, 0.25) is 0 Å². The van der Waals surface area contributed by atoms with Gasteiger partial charge in [0.25, 0.3) is 0 Å². The van der Waals surface area contributed by atoms with Gasteiger partial charge < -0.3 is 10.1 Å². The first-order valence-electron chi connectivity index (χ1n) is 6.76. The molecule has 2 nitrogen and oxygen atoms in total. The van der Waals surface area contributed by atoms with Gasteiger partial charge >= 0.3 is 0 Å². The zero-order valence-corrected chi connectivity index (χ0v) is 10.6. The third-order valence-electron chi connectivity index (χ3n) is 4.16. The standard InChI is InChI=1S/C13H23F2NO/c1-16-11-2-4-12(5-3-11)17-9-10-6-7-13(14,15)8-10/h10-12,16H,2-9H2,1H3. The Labute approximate surface area is 102 Å². The molecule has 0 saturated heterocycles. The third-order valence-corrected chi connectivity index (χ3v) is 4.16. The van der Waals surface area contributed by atoms with Crippen molar-refractivity contribution >= 4 is 0 Å². The summed E-state index contributed by atoms with van der Waals surface area (Å²) in [5.74, 6) is -2.36. The highest BCUT2D eigenvalue weighted by molar-refractivity contribution is 4.82. The van der Waals surface area contributed by atoms with Gasteiger partial charge in [0.15, 0.2) is 0 Å². The Bertz CT molecular complexity index is 240. The van der Waals surface area contributed by atoms with Crippen LogP contribution >= 0.6 is 0 Å². The van der Waals surface area contributed by atoms with Crippen molar-refractivity contribution in [2.24, 2.45) is 5.92 Å². The SMILES string of the molecule is CNC1CCC(OCC2CCC(F)(F)C2)CC1. The lowest BCUT2D eigenvalue weighted by atomic mass is 9.93. The van der Waals surface area contributed by atoms with E-state index in [0.717, 1.165) is 25.7 Å². The van der Waals surface area contributed by atoms with Crippen molar-refractivity contribution in [3.05, 3.63) is 0 Å². The van der Waals surface area contributed by atoms with E-state index in [-0.39, 0.29) is 18.8 Å². The van der Waals surface area contributed by atoms with Crippen molar-refractivity contribution < 1.29 is 13.5 Å². The Hall–Kier alpha value is -0.220. The Morgan fingerprint density at radius 3 is 2.41 bits per heavy atom. The number of halogens is 2. The van der Waals surface area contributed by atoms with Gasteiger partial charge in [-0.05, 0) is 45.1 Å². The summed E-state index contributed by atoms with van der Waals surface area (Å²) in [6.45, 7) is 0.532. The molecule has 1 atom stereocenters. The molecule has 2 saturated carbocycles. The van der Waals surface area contributed by atoms with Gasteiger partial charge in [-0.2, -0.15) is 0 Å². The van der Waals surface area contributed by atoms with Crippen molar-refractivity contribution in [3.8, 4) is 0 Å². The molecule has 0 radical (unpaired) electrons. The van der Waals surface area contributed by atoms with Gasteiger partial charge in [-0.25, -0.2) is 8.78 Å². The zero-order chi connectivity index (χ0) is 12.3. The van der Waals surface area contributed by atoms with Crippen LogP contribution in [0, 0.1) is 5.92 Å². The molecular formula is C13H23F2NO. The van der Waals surface area contributed by atoms with Crippen LogP contribution in [0.25, 0.3) is 0 Å². The molecule has 0 heterocycles. The molecule has 1 N–H and O–H groups in total. The minimum Gasteiger partial charge on any atom is -0.378 e. The summed E-state index contributed by atoms with van der Waals surface area (Å²) < 4.78 is 31.8. The van der Waals surface area contributed by atoms with Crippen molar-refractivity contribution in [2.45, 2.75) is 63.0 Å². The van der Waals surface area contributed by atoms with Crippen LogP contribution in [0.3, 0.4) is 0 Å². The Balaban J connectivity index is 1.63. The van der Waals surface area contributed by atoms with Crippen LogP contribution < -0.4 is 5.32 Å². The van der Waals surface area contributed by atoms with E-state index in [1.54, 1.807) is 0 Å². The molecule has 0 aromatic rings. The summed E-state index contributed by atoms with van der Waals surface area (Å²) in [6.07, 6.45) is 5.41. The van der Waals surface area contributed by atoms with Crippen molar-refractivity contribution in [3.63, 3.8) is 0 Å². The molecule has 2 rings (SSSR count). The van der Waals surface area contributed by atoms with E-state index in [2.05, 4.69) is 5.32 Å². The summed E-state index contributed by atoms with van der Waals surface area (Å²) in [5, 5.41) is 3.28. The lowest BCUT2D eigenvalue weighted by molar-refractivity contribution is -0.0190. The van der Waals surface area contributed by atoms with Crippen LogP contribution in [0.4, 0.5) is 8.78 Å². The van der Waals surface area contributed by atoms with Crippen LogP contribution in [-0.2, 0) is 4.74 Å². The second kappa shape index (κ2) is 5.61. The fourth-order valence-corrected chi connectivity index (χ4v) is 2.97. The highest BCUT2D eigenvalue weighted by Crippen LogP contribution is 2.39. The van der Waals surface area contributed by atoms with Crippen LogP contribution in [-0.4, -0.2) is 31.7 Å². The molecule has 17 heavy (non-hydrogen) atoms. The fraction of sp³-hybridized carbons (Fsp3) is 1.00. The first-order valence-corrected chi connectivity index (χ1v) is 6.76. The van der Waals surface area contributed by atoms with E-state index in [1.165, 1.54) is 0 Å². The molecule has 0 amide bonds. The average Bonchev–Trinajstić information content (AvgIpc) is 2.67. The second-order valence-corrected chi connectivity index (χ2v) is 5.56. The van der Waals surface area contributed by atoms with Crippen molar-refractivity contribution in [1.82, 2.24) is 5.32 Å². The maximum Gasteiger partial charge on any atom is 0.248 e. The van der Waals surface area contributed by atoms with E-state index < -0.39 is 5.92 Å². The van der Waals surface area contributed by atoms with Gasteiger partial charge in [0.2, 0.25) is 5.92 Å². The number of ether oxygens (including phenoxy) is 1. The molecule has 2 aliphatic rings. The van der Waals surface area contributed by atoms with E-state index in [4.69, 9.17) is 4.74 Å². The highest BCUT2D eigenvalue weighted by Gasteiger charge is 2.39. The number of hydrogen-bond acceptors (Lipinski definition) is 2. The Kier molecular flexibility index (Phi) is 4.36. The quantitative estimate of drug-likeness (QED) is 0.824. The zero-order valence-electron chi connectivity index (χ0n) is 10.6. The summed E-state index contributed by atoms with van der Waals surface area (Å²) in [6, 6.07) is 0.616. The molecule has 0 aromatic carbocycles. The molecule has 0 spiro atoms. The van der Waals surface area contributed by atoms with E-state index in [1.807, 2.05) is 7.05 Å². The fourth-order valence-electron chi connectivity index (χ4n) is 2.97. The molecule has 100 valence electrons. The Morgan fingerprint density at radius 2 is 1.88 bits per heavy atom. The smallest absolute Gasteiger partial charge is 0.248 e. The molecule has 1 unspecified atom stereocenters. The van der Waals surface area contributed by atoms with Gasteiger partial charge in [0.05, 0.1) is 6.10 Å². The normalized spacial score (nSPS) is 37.2. The average molecular weight is 247 g/mol. The Morgan fingerprint density at radius 1 is 1.18 bits per heavy atom. The monoisotopic (exact) mass is 247 g/mol. The molecule has 0 aromatic heterocycles. The molecule has 4 heteroatoms. The van der Waals surface area contributed by atoms with Crippen molar-refractivity contribution in [1.29, 1.82) is 0 Å². The van der Waals surface area contributed by atoms with Crippen molar-refractivity contribution in [2.75, 3.05) is 13.7 Å². The minimum atomic E-state index is -2.43. The highest BCUT2D eigenvalue weighted by atomic mass is 19.3. The van der Waals surface area contributed by atoms with Gasteiger partial charge in [-0.3, -0.25) is 0 Å². The van der Waals surface area contributed by atoms with E-state index >= 15 is 0 Å². The minimum absolute atomic E-state index is 0.0266. The van der Waals surface area contributed by atoms with Gasteiger partial charge in [0, 0.05) is 25.5 Å². The molecule has 0 bridgehead atoms. The summed E-state index contributed by atoms with van der Waals surface area (Å²) in [5.41, 5.74) is 0. The maximum atomic E-state index is 13.0. The second-order valence-electron chi connectivity index (χ2n) is 5.56. The number of nitrogens with one attached hydrogen (secondary N) is 1. The molecule has 2 aliphatic carbocycles. The van der Waals surface area contributed by atoms with Crippen LogP contribution in [0.5, 0.6) is 0 Å². The number of rotatable bonds is 4. The molecule has 0 aliphatic heterocycles. The lowest BCUT2D eigenvalue weighted by Crippen LogP contribution is -2.33. The topological polar surface area (TPSA) is 21.3 Å². The number of alkyl halides is 2. The maximum absolute atomic E-state index is 13.0. The first kappa shape index (κ1) is 13.2. The van der Waals surface area contributed by atoms with Gasteiger partial charge in [-0.15, -0.1) is 0 Å². The summed E-state index contributed by atoms with van der Waals surface area (Å²) >= 11 is 0. The first-order chi connectivity index (χ1) is 8.09. The third kappa shape index (κ3) is 3.88. The van der Waals surface area contributed by atoms with Crippen LogP contribution in [0.15, 0.2) is 0 Å². The van der Waals surface area contributed by atoms with Crippen LogP contribution in [0.1, 0.15) is 44.9 Å². The summed E-state index contributed by atoms with van der Waals surface area (Å²) in [4.78, 5) is 0. The summed E-state index contributed by atoms with van der Waals surface area (Å²) in [7, 11) is 1.99. The van der Waals surface area contributed by atoms with E-state index in [9.17, 15) is 8.78 Å². The van der Waals surface area contributed by atoms with Gasteiger partial charge in [0.1, 0.15) is 0 Å². The molecule has 2 fully saturated rings. The molecular weight excluding hydrogens is 224 g/mol. The predicted octanol–water partition coefficient (Wildman–Crippen LogP) is 2.97. The largest absolute Gasteiger partial charge is 0.378 e.